The Kier molecular flexibility index (Phi) is 8.94. The molecule has 0 radical (unpaired) electrons. The third kappa shape index (κ3) is 6.13. The number of aryl methyl sites for hydroxylation is 2. The molecule has 0 fully saturated rings. The summed E-state index contributed by atoms with van der Waals surface area (Å²) in [6.45, 7) is 10.2. The second-order valence-electron chi connectivity index (χ2n) is 9.00. The van der Waals surface area contributed by atoms with E-state index in [1.807, 2.05) is 48.7 Å². The van der Waals surface area contributed by atoms with E-state index in [0.717, 1.165) is 15.8 Å². The van der Waals surface area contributed by atoms with Gasteiger partial charge in [0.05, 0.1) is 21.7 Å². The van der Waals surface area contributed by atoms with E-state index in [2.05, 4.69) is 31.0 Å². The quantitative estimate of drug-likeness (QED) is 0.250. The summed E-state index contributed by atoms with van der Waals surface area (Å²) in [6.07, 6.45) is 0. The van der Waals surface area contributed by atoms with Gasteiger partial charge in [-0.1, -0.05) is 48.6 Å². The van der Waals surface area contributed by atoms with E-state index in [1.165, 1.54) is 51.0 Å². The van der Waals surface area contributed by atoms with Crippen LogP contribution < -0.4 is 4.80 Å². The SMILES string of the molecule is CCOCCn1c(=NC(=O)c2ccc(S(=O)(=O)N(CC)Cc3ccccc3)cc2)sc2cc(C)c(C)cc21. The lowest BCUT2D eigenvalue weighted by Gasteiger charge is -2.20. The zero-order valence-electron chi connectivity index (χ0n) is 22.2. The van der Waals surface area contributed by atoms with Gasteiger partial charge >= 0.3 is 0 Å². The number of benzene rings is 3. The van der Waals surface area contributed by atoms with Crippen LogP contribution in [0.3, 0.4) is 0 Å². The molecule has 0 N–H and O–H groups in total. The highest BCUT2D eigenvalue weighted by Crippen LogP contribution is 2.23. The normalized spacial score (nSPS) is 12.5. The molecule has 0 aliphatic heterocycles. The number of nitrogens with zero attached hydrogens (tertiary/aromatic N) is 3. The molecular formula is C29H33N3O4S2. The van der Waals surface area contributed by atoms with Gasteiger partial charge < -0.3 is 9.30 Å². The van der Waals surface area contributed by atoms with Gasteiger partial charge in [0.25, 0.3) is 5.91 Å². The molecule has 0 saturated heterocycles. The highest BCUT2D eigenvalue weighted by Gasteiger charge is 2.23. The fraction of sp³-hybridized carbons (Fsp3) is 0.310. The van der Waals surface area contributed by atoms with Crippen LogP contribution in [0, 0.1) is 13.8 Å². The minimum atomic E-state index is -3.72. The first-order valence-corrected chi connectivity index (χ1v) is 14.9. The number of thiazole rings is 1. The van der Waals surface area contributed by atoms with Crippen molar-refractivity contribution >= 4 is 37.5 Å². The zero-order valence-corrected chi connectivity index (χ0v) is 23.8. The van der Waals surface area contributed by atoms with Crippen molar-refractivity contribution in [3.05, 3.63) is 93.8 Å². The molecule has 3 aromatic carbocycles. The molecule has 200 valence electrons. The van der Waals surface area contributed by atoms with Gasteiger partial charge in [0, 0.05) is 31.8 Å². The van der Waals surface area contributed by atoms with Crippen molar-refractivity contribution in [3.8, 4) is 0 Å². The van der Waals surface area contributed by atoms with Crippen molar-refractivity contribution in [2.45, 2.75) is 45.7 Å². The number of hydrogen-bond acceptors (Lipinski definition) is 5. The Labute approximate surface area is 228 Å². The van der Waals surface area contributed by atoms with Gasteiger partial charge in [-0.05, 0) is 73.9 Å². The Hall–Kier alpha value is -3.11. The maximum atomic E-state index is 13.3. The predicted octanol–water partition coefficient (Wildman–Crippen LogP) is 5.31. The average molecular weight is 552 g/mol. The molecule has 1 amide bonds. The Bertz CT molecular complexity index is 1590. The number of sulfonamides is 1. The monoisotopic (exact) mass is 551 g/mol. The lowest BCUT2D eigenvalue weighted by Crippen LogP contribution is -2.30. The lowest BCUT2D eigenvalue weighted by molar-refractivity contribution is 0.0996. The van der Waals surface area contributed by atoms with Crippen LogP contribution in [-0.4, -0.2) is 43.0 Å². The van der Waals surface area contributed by atoms with Crippen LogP contribution in [-0.2, 0) is 27.8 Å². The number of ether oxygens (including phenoxy) is 1. The summed E-state index contributed by atoms with van der Waals surface area (Å²) in [6, 6.07) is 19.7. The summed E-state index contributed by atoms with van der Waals surface area (Å²) in [5.41, 5.74) is 4.61. The molecule has 4 aromatic rings. The molecule has 4 rings (SSSR count). The van der Waals surface area contributed by atoms with Crippen LogP contribution in [0.1, 0.15) is 40.9 Å². The second kappa shape index (κ2) is 12.2. The molecule has 0 saturated carbocycles. The third-order valence-corrected chi connectivity index (χ3v) is 9.43. The van der Waals surface area contributed by atoms with Crippen LogP contribution in [0.4, 0.5) is 0 Å². The fourth-order valence-corrected chi connectivity index (χ4v) is 6.72. The summed E-state index contributed by atoms with van der Waals surface area (Å²) in [5.74, 6) is -0.421. The van der Waals surface area contributed by atoms with Crippen molar-refractivity contribution in [2.75, 3.05) is 19.8 Å². The van der Waals surface area contributed by atoms with Gasteiger partial charge in [0.2, 0.25) is 10.0 Å². The number of amides is 1. The fourth-order valence-electron chi connectivity index (χ4n) is 4.15. The number of carbonyl (C=O) groups is 1. The predicted molar refractivity (Wildman–Crippen MR) is 152 cm³/mol. The van der Waals surface area contributed by atoms with Crippen molar-refractivity contribution in [1.29, 1.82) is 0 Å². The van der Waals surface area contributed by atoms with E-state index in [1.54, 1.807) is 0 Å². The summed E-state index contributed by atoms with van der Waals surface area (Å²) in [4.78, 5) is 18.3. The van der Waals surface area contributed by atoms with Crippen LogP contribution in [0.25, 0.3) is 10.2 Å². The molecule has 1 aromatic heterocycles. The summed E-state index contributed by atoms with van der Waals surface area (Å²) >= 11 is 1.46. The first kappa shape index (κ1) is 27.9. The lowest BCUT2D eigenvalue weighted by atomic mass is 10.1. The highest BCUT2D eigenvalue weighted by molar-refractivity contribution is 7.89. The summed E-state index contributed by atoms with van der Waals surface area (Å²) in [5, 5.41) is 0. The van der Waals surface area contributed by atoms with Crippen molar-refractivity contribution < 1.29 is 17.9 Å². The van der Waals surface area contributed by atoms with Crippen LogP contribution in [0.2, 0.25) is 0 Å². The molecule has 0 atom stereocenters. The van der Waals surface area contributed by atoms with Crippen molar-refractivity contribution in [2.24, 2.45) is 4.99 Å². The van der Waals surface area contributed by atoms with E-state index < -0.39 is 15.9 Å². The van der Waals surface area contributed by atoms with Gasteiger partial charge in [0.1, 0.15) is 0 Å². The first-order valence-electron chi connectivity index (χ1n) is 12.7. The molecular weight excluding hydrogens is 518 g/mol. The number of carbonyl (C=O) groups excluding carboxylic acids is 1. The maximum Gasteiger partial charge on any atom is 0.279 e. The van der Waals surface area contributed by atoms with E-state index in [0.29, 0.717) is 36.7 Å². The molecule has 0 spiro atoms. The topological polar surface area (TPSA) is 81.0 Å². The number of aromatic nitrogens is 1. The molecule has 0 unspecified atom stereocenters. The smallest absolute Gasteiger partial charge is 0.279 e. The second-order valence-corrected chi connectivity index (χ2v) is 11.9. The van der Waals surface area contributed by atoms with Crippen molar-refractivity contribution in [1.82, 2.24) is 8.87 Å². The molecule has 9 heteroatoms. The van der Waals surface area contributed by atoms with E-state index >= 15 is 0 Å². The molecule has 1 heterocycles. The molecule has 7 nitrogen and oxygen atoms in total. The number of rotatable bonds is 10. The first-order chi connectivity index (χ1) is 18.2. The van der Waals surface area contributed by atoms with Gasteiger partial charge in [-0.15, -0.1) is 0 Å². The van der Waals surface area contributed by atoms with Crippen molar-refractivity contribution in [3.63, 3.8) is 0 Å². The summed E-state index contributed by atoms with van der Waals surface area (Å²) < 4.78 is 36.6. The maximum absolute atomic E-state index is 13.3. The highest BCUT2D eigenvalue weighted by atomic mass is 32.2. The standard InChI is InChI=1S/C29H33N3O4S2/c1-5-31(20-23-10-8-7-9-11-23)38(34,35)25-14-12-24(13-15-25)28(33)30-29-32(16-17-36-6-2)26-18-21(3)22(4)19-27(26)37-29/h7-15,18-19H,5-6,16-17,20H2,1-4H3. The van der Waals surface area contributed by atoms with Gasteiger partial charge in [-0.2, -0.15) is 9.30 Å². The Morgan fingerprint density at radius 1 is 1.00 bits per heavy atom. The summed E-state index contributed by atoms with van der Waals surface area (Å²) in [7, 11) is -3.72. The molecule has 0 bridgehead atoms. The zero-order chi connectivity index (χ0) is 27.3. The van der Waals surface area contributed by atoms with Crippen LogP contribution in [0.15, 0.2) is 76.6 Å². The van der Waals surface area contributed by atoms with Gasteiger partial charge in [-0.3, -0.25) is 4.79 Å². The van der Waals surface area contributed by atoms with Crippen LogP contribution >= 0.6 is 11.3 Å². The number of hydrogen-bond donors (Lipinski definition) is 0. The Morgan fingerprint density at radius 2 is 1.68 bits per heavy atom. The third-order valence-electron chi connectivity index (χ3n) is 6.45. The van der Waals surface area contributed by atoms with E-state index in [-0.39, 0.29) is 11.4 Å². The number of fused-ring (bicyclic) bond motifs is 1. The molecule has 38 heavy (non-hydrogen) atoms. The Morgan fingerprint density at radius 3 is 2.34 bits per heavy atom. The van der Waals surface area contributed by atoms with Crippen LogP contribution in [0.5, 0.6) is 0 Å². The minimum Gasteiger partial charge on any atom is -0.380 e. The van der Waals surface area contributed by atoms with Gasteiger partial charge in [0.15, 0.2) is 4.80 Å². The van der Waals surface area contributed by atoms with E-state index in [9.17, 15) is 13.2 Å². The van der Waals surface area contributed by atoms with E-state index in [4.69, 9.17) is 4.74 Å². The molecule has 0 aliphatic rings. The largest absolute Gasteiger partial charge is 0.380 e. The minimum absolute atomic E-state index is 0.145. The molecule has 0 aliphatic carbocycles. The average Bonchev–Trinajstić information content (AvgIpc) is 3.23. The Balaban J connectivity index is 1.63. The van der Waals surface area contributed by atoms with Gasteiger partial charge in [-0.25, -0.2) is 8.42 Å².